The Morgan fingerprint density at radius 1 is 1.13 bits per heavy atom. The fraction of sp³-hybridized carbons (Fsp3) is 0.304. The van der Waals surface area contributed by atoms with E-state index in [2.05, 4.69) is 4.90 Å². The molecule has 1 amide bonds. The van der Waals surface area contributed by atoms with Crippen LogP contribution in [0.5, 0.6) is 17.2 Å². The number of nitrogens with zero attached hydrogens (tertiary/aromatic N) is 3. The number of fused-ring (bicyclic) bond motifs is 2. The molecule has 0 atom stereocenters. The molecule has 8 heteroatoms. The fourth-order valence-corrected chi connectivity index (χ4v) is 4.74. The number of hydrogen-bond acceptors (Lipinski definition) is 7. The molecule has 31 heavy (non-hydrogen) atoms. The van der Waals surface area contributed by atoms with Crippen LogP contribution in [0.3, 0.4) is 0 Å². The second-order valence-corrected chi connectivity index (χ2v) is 8.33. The molecule has 3 aromatic rings. The molecule has 0 aliphatic carbocycles. The van der Waals surface area contributed by atoms with Gasteiger partial charge in [0.05, 0.1) is 16.8 Å². The molecule has 5 rings (SSSR count). The summed E-state index contributed by atoms with van der Waals surface area (Å²) in [6.45, 7) is 5.75. The molecule has 2 aromatic carbocycles. The molecule has 2 aliphatic rings. The van der Waals surface area contributed by atoms with Gasteiger partial charge in [-0.3, -0.25) is 4.79 Å². The summed E-state index contributed by atoms with van der Waals surface area (Å²) in [6, 6.07) is 11.7. The molecule has 1 fully saturated rings. The van der Waals surface area contributed by atoms with E-state index in [9.17, 15) is 4.79 Å². The number of benzene rings is 2. The van der Waals surface area contributed by atoms with Gasteiger partial charge in [-0.1, -0.05) is 17.4 Å². The number of aromatic nitrogens is 1. The highest BCUT2D eigenvalue weighted by Gasteiger charge is 2.22. The largest absolute Gasteiger partial charge is 0.494 e. The lowest BCUT2D eigenvalue weighted by atomic mass is 10.2. The lowest BCUT2D eigenvalue weighted by Crippen LogP contribution is -2.48. The van der Waals surface area contributed by atoms with E-state index in [1.165, 1.54) is 0 Å². The summed E-state index contributed by atoms with van der Waals surface area (Å²) in [7, 11) is 0. The Balaban J connectivity index is 1.20. The Labute approximate surface area is 184 Å². The first kappa shape index (κ1) is 19.7. The quantitative estimate of drug-likeness (QED) is 0.566. The van der Waals surface area contributed by atoms with Crippen LogP contribution in [-0.2, 0) is 4.79 Å². The lowest BCUT2D eigenvalue weighted by Gasteiger charge is -2.34. The van der Waals surface area contributed by atoms with Gasteiger partial charge in [-0.05, 0) is 48.9 Å². The second-order valence-electron chi connectivity index (χ2n) is 7.32. The first-order valence-electron chi connectivity index (χ1n) is 10.3. The van der Waals surface area contributed by atoms with Crippen molar-refractivity contribution in [1.82, 2.24) is 9.88 Å². The highest BCUT2D eigenvalue weighted by molar-refractivity contribution is 7.22. The average molecular weight is 438 g/mol. The molecular weight excluding hydrogens is 414 g/mol. The zero-order valence-electron chi connectivity index (χ0n) is 17.2. The maximum absolute atomic E-state index is 12.6. The Bertz CT molecular complexity index is 1140. The predicted octanol–water partition coefficient (Wildman–Crippen LogP) is 3.79. The highest BCUT2D eigenvalue weighted by atomic mass is 32.1. The summed E-state index contributed by atoms with van der Waals surface area (Å²) in [5, 5.41) is 0.992. The highest BCUT2D eigenvalue weighted by Crippen LogP contribution is 2.33. The van der Waals surface area contributed by atoms with Crippen molar-refractivity contribution >= 4 is 38.7 Å². The number of piperazine rings is 1. The third kappa shape index (κ3) is 4.16. The summed E-state index contributed by atoms with van der Waals surface area (Å²) in [5.41, 5.74) is 1.89. The number of ether oxygens (including phenoxy) is 3. The van der Waals surface area contributed by atoms with Gasteiger partial charge in [-0.25, -0.2) is 4.98 Å². The molecule has 160 valence electrons. The topological polar surface area (TPSA) is 64.1 Å². The smallest absolute Gasteiger partial charge is 0.246 e. The summed E-state index contributed by atoms with van der Waals surface area (Å²) < 4.78 is 17.4. The predicted molar refractivity (Wildman–Crippen MR) is 121 cm³/mol. The number of carbonyl (C=O) groups is 1. The summed E-state index contributed by atoms with van der Waals surface area (Å²) in [6.07, 6.45) is 3.44. The van der Waals surface area contributed by atoms with Gasteiger partial charge in [0, 0.05) is 32.3 Å². The molecule has 1 aromatic heterocycles. The number of carbonyl (C=O) groups excluding carboxylic acids is 1. The standard InChI is InChI=1S/C23H23N3O4S/c1-2-28-17-5-6-18-21(14-17)31-23(24-18)26-11-9-25(10-12-26)22(27)8-4-16-3-7-19-20(13-16)30-15-29-19/h3-8,13-14H,2,9-12,15H2,1H3/b8-4-. The van der Waals surface area contributed by atoms with Gasteiger partial charge in [-0.2, -0.15) is 0 Å². The maximum atomic E-state index is 12.6. The van der Waals surface area contributed by atoms with Crippen LogP contribution in [0.1, 0.15) is 12.5 Å². The van der Waals surface area contributed by atoms with Crippen LogP contribution in [0.25, 0.3) is 16.3 Å². The Kier molecular flexibility index (Phi) is 5.38. The Morgan fingerprint density at radius 2 is 1.97 bits per heavy atom. The Hall–Kier alpha value is -3.26. The third-order valence-corrected chi connectivity index (χ3v) is 6.42. The number of rotatable bonds is 5. The van der Waals surface area contributed by atoms with Gasteiger partial charge in [-0.15, -0.1) is 0 Å². The monoisotopic (exact) mass is 437 g/mol. The van der Waals surface area contributed by atoms with Gasteiger partial charge in [0.2, 0.25) is 12.7 Å². The second kappa shape index (κ2) is 8.47. The first-order valence-corrected chi connectivity index (χ1v) is 11.2. The Morgan fingerprint density at radius 3 is 2.81 bits per heavy atom. The minimum absolute atomic E-state index is 0.0166. The molecule has 0 radical (unpaired) electrons. The van der Waals surface area contributed by atoms with Crippen molar-refractivity contribution in [3.63, 3.8) is 0 Å². The van der Waals surface area contributed by atoms with E-state index in [1.807, 2.05) is 54.3 Å². The number of hydrogen-bond donors (Lipinski definition) is 0. The van der Waals surface area contributed by atoms with E-state index in [1.54, 1.807) is 17.4 Å². The van der Waals surface area contributed by atoms with Crippen molar-refractivity contribution in [2.45, 2.75) is 6.92 Å². The minimum atomic E-state index is 0.0166. The van der Waals surface area contributed by atoms with Crippen molar-refractivity contribution in [2.75, 3.05) is 44.5 Å². The fourth-order valence-electron chi connectivity index (χ4n) is 3.69. The zero-order valence-corrected chi connectivity index (χ0v) is 18.1. The SMILES string of the molecule is CCOc1ccc2nc(N3CCN(C(=O)/C=C\c4ccc5c(c4)OCO5)CC3)sc2c1. The van der Waals surface area contributed by atoms with Crippen LogP contribution in [-0.4, -0.2) is 55.4 Å². The molecule has 3 heterocycles. The zero-order chi connectivity index (χ0) is 21.2. The van der Waals surface area contributed by atoms with Gasteiger partial charge < -0.3 is 24.0 Å². The molecule has 0 saturated carbocycles. The molecule has 7 nitrogen and oxygen atoms in total. The van der Waals surface area contributed by atoms with Crippen LogP contribution in [0.2, 0.25) is 0 Å². The van der Waals surface area contributed by atoms with E-state index in [0.29, 0.717) is 25.4 Å². The number of thiazole rings is 1. The van der Waals surface area contributed by atoms with Gasteiger partial charge in [0.25, 0.3) is 0 Å². The molecule has 2 aliphatic heterocycles. The van der Waals surface area contributed by atoms with E-state index in [0.717, 1.165) is 45.5 Å². The number of amides is 1. The molecule has 0 N–H and O–H groups in total. The summed E-state index contributed by atoms with van der Waals surface area (Å²) in [4.78, 5) is 21.5. The lowest BCUT2D eigenvalue weighted by molar-refractivity contribution is -0.126. The van der Waals surface area contributed by atoms with Crippen LogP contribution >= 0.6 is 11.3 Å². The van der Waals surface area contributed by atoms with E-state index < -0.39 is 0 Å². The van der Waals surface area contributed by atoms with Crippen LogP contribution < -0.4 is 19.1 Å². The van der Waals surface area contributed by atoms with Crippen molar-refractivity contribution in [3.8, 4) is 17.2 Å². The van der Waals surface area contributed by atoms with Crippen molar-refractivity contribution < 1.29 is 19.0 Å². The number of anilines is 1. The van der Waals surface area contributed by atoms with Crippen molar-refractivity contribution in [1.29, 1.82) is 0 Å². The third-order valence-electron chi connectivity index (χ3n) is 5.34. The van der Waals surface area contributed by atoms with Crippen molar-refractivity contribution in [2.24, 2.45) is 0 Å². The molecule has 0 unspecified atom stereocenters. The van der Waals surface area contributed by atoms with Crippen molar-refractivity contribution in [3.05, 3.63) is 48.0 Å². The minimum Gasteiger partial charge on any atom is -0.494 e. The van der Waals surface area contributed by atoms with Gasteiger partial charge >= 0.3 is 0 Å². The van der Waals surface area contributed by atoms with Crippen LogP contribution in [0.15, 0.2) is 42.5 Å². The summed E-state index contributed by atoms with van der Waals surface area (Å²) >= 11 is 1.67. The van der Waals surface area contributed by atoms with E-state index in [4.69, 9.17) is 19.2 Å². The first-order chi connectivity index (χ1) is 15.2. The molecular formula is C23H23N3O4S. The van der Waals surface area contributed by atoms with Gasteiger partial charge in [0.1, 0.15) is 5.75 Å². The maximum Gasteiger partial charge on any atom is 0.246 e. The molecule has 1 saturated heterocycles. The normalized spacial score (nSPS) is 15.8. The molecule has 0 bridgehead atoms. The van der Waals surface area contributed by atoms with E-state index in [-0.39, 0.29) is 12.7 Å². The van der Waals surface area contributed by atoms with E-state index >= 15 is 0 Å². The molecule has 0 spiro atoms. The summed E-state index contributed by atoms with van der Waals surface area (Å²) in [5.74, 6) is 2.34. The average Bonchev–Trinajstić information content (AvgIpc) is 3.44. The van der Waals surface area contributed by atoms with Crippen LogP contribution in [0.4, 0.5) is 5.13 Å². The van der Waals surface area contributed by atoms with Crippen LogP contribution in [0, 0.1) is 0 Å². The van der Waals surface area contributed by atoms with Gasteiger partial charge in [0.15, 0.2) is 16.6 Å².